The van der Waals surface area contributed by atoms with E-state index in [1.165, 1.54) is 19.3 Å². The van der Waals surface area contributed by atoms with E-state index in [4.69, 9.17) is 0 Å². The van der Waals surface area contributed by atoms with Crippen LogP contribution in [0.1, 0.15) is 46.5 Å². The third kappa shape index (κ3) is 3.95. The number of hydrogen-bond acceptors (Lipinski definition) is 6. The second-order valence-electron chi connectivity index (χ2n) is 6.68. The van der Waals surface area contributed by atoms with Gasteiger partial charge in [0, 0.05) is 26.7 Å². The lowest BCUT2D eigenvalue weighted by atomic mass is 9.87. The number of rotatable bonds is 6. The van der Waals surface area contributed by atoms with Gasteiger partial charge in [-0.1, -0.05) is 27.2 Å². The van der Waals surface area contributed by atoms with Gasteiger partial charge in [-0.15, -0.1) is 0 Å². The van der Waals surface area contributed by atoms with Crippen LogP contribution in [0.15, 0.2) is 0 Å². The molecule has 0 amide bonds. The summed E-state index contributed by atoms with van der Waals surface area (Å²) in [5, 5.41) is 6.76. The summed E-state index contributed by atoms with van der Waals surface area (Å²) in [6.45, 7) is 7.61. The predicted molar refractivity (Wildman–Crippen MR) is 88.0 cm³/mol. The minimum Gasteiger partial charge on any atom is -0.354 e. The largest absolute Gasteiger partial charge is 0.354 e. The number of nitrogens with one attached hydrogen (secondary N) is 2. The maximum atomic E-state index is 4.52. The zero-order valence-electron chi connectivity index (χ0n) is 13.9. The van der Waals surface area contributed by atoms with Crippen LogP contribution in [0.5, 0.6) is 0 Å². The average molecular weight is 292 g/mol. The standard InChI is InChI=1S/C15H28N6/c1-6-10-16-12-18-13(20-14(19-12)21(4)5)17-11-8-7-9-15(11,2)3/h11H,6-10H2,1-5H3,(H2,16,17,18,19,20). The van der Waals surface area contributed by atoms with Crippen molar-refractivity contribution >= 4 is 17.8 Å². The summed E-state index contributed by atoms with van der Waals surface area (Å²) in [6.07, 6.45) is 4.73. The van der Waals surface area contributed by atoms with Gasteiger partial charge in [-0.3, -0.25) is 0 Å². The SMILES string of the molecule is CCCNc1nc(NC2CCCC2(C)C)nc(N(C)C)n1. The third-order valence-electron chi connectivity index (χ3n) is 4.12. The normalized spacial score (nSPS) is 20.3. The van der Waals surface area contributed by atoms with Gasteiger partial charge in [-0.05, 0) is 24.7 Å². The van der Waals surface area contributed by atoms with Gasteiger partial charge in [0.25, 0.3) is 0 Å². The molecule has 0 saturated heterocycles. The molecule has 1 aromatic heterocycles. The van der Waals surface area contributed by atoms with Crippen LogP contribution in [0.3, 0.4) is 0 Å². The van der Waals surface area contributed by atoms with Crippen LogP contribution in [0.25, 0.3) is 0 Å². The van der Waals surface area contributed by atoms with Crippen molar-refractivity contribution in [2.45, 2.75) is 52.5 Å². The molecule has 1 fully saturated rings. The first kappa shape index (κ1) is 15.8. The van der Waals surface area contributed by atoms with E-state index in [9.17, 15) is 0 Å². The lowest BCUT2D eigenvalue weighted by molar-refractivity contribution is 0.349. The van der Waals surface area contributed by atoms with E-state index in [1.54, 1.807) is 0 Å². The topological polar surface area (TPSA) is 66.0 Å². The van der Waals surface area contributed by atoms with Crippen LogP contribution in [0.2, 0.25) is 0 Å². The van der Waals surface area contributed by atoms with Crippen molar-refractivity contribution in [3.05, 3.63) is 0 Å². The molecule has 2 N–H and O–H groups in total. The summed E-state index contributed by atoms with van der Waals surface area (Å²) in [5.74, 6) is 2.00. The first-order valence-electron chi connectivity index (χ1n) is 7.86. The van der Waals surface area contributed by atoms with Crippen molar-refractivity contribution in [3.63, 3.8) is 0 Å². The quantitative estimate of drug-likeness (QED) is 0.840. The summed E-state index contributed by atoms with van der Waals surface area (Å²) in [4.78, 5) is 15.4. The smallest absolute Gasteiger partial charge is 0.231 e. The van der Waals surface area contributed by atoms with E-state index < -0.39 is 0 Å². The van der Waals surface area contributed by atoms with Crippen molar-refractivity contribution < 1.29 is 0 Å². The number of nitrogens with zero attached hydrogens (tertiary/aromatic N) is 4. The molecule has 1 saturated carbocycles. The Labute approximate surface area is 127 Å². The molecule has 1 unspecified atom stereocenters. The molecular formula is C15H28N6. The van der Waals surface area contributed by atoms with Crippen LogP contribution in [0, 0.1) is 5.41 Å². The predicted octanol–water partition coefficient (Wildman–Crippen LogP) is 2.75. The van der Waals surface area contributed by atoms with Crippen LogP contribution in [-0.2, 0) is 0 Å². The van der Waals surface area contributed by atoms with Crippen molar-refractivity contribution in [3.8, 4) is 0 Å². The van der Waals surface area contributed by atoms with E-state index >= 15 is 0 Å². The van der Waals surface area contributed by atoms with Crippen LogP contribution < -0.4 is 15.5 Å². The first-order chi connectivity index (χ1) is 9.92. The maximum Gasteiger partial charge on any atom is 0.231 e. The van der Waals surface area contributed by atoms with Gasteiger partial charge in [0.2, 0.25) is 17.8 Å². The molecule has 0 aromatic carbocycles. The summed E-state index contributed by atoms with van der Waals surface area (Å²) in [5.41, 5.74) is 0.294. The van der Waals surface area contributed by atoms with E-state index in [1.807, 2.05) is 19.0 Å². The minimum atomic E-state index is 0.294. The molecule has 118 valence electrons. The molecule has 1 aliphatic carbocycles. The fraction of sp³-hybridized carbons (Fsp3) is 0.800. The van der Waals surface area contributed by atoms with E-state index in [-0.39, 0.29) is 0 Å². The lowest BCUT2D eigenvalue weighted by Crippen LogP contribution is -2.32. The van der Waals surface area contributed by atoms with Gasteiger partial charge in [0.1, 0.15) is 0 Å². The molecular weight excluding hydrogens is 264 g/mol. The second-order valence-corrected chi connectivity index (χ2v) is 6.68. The van der Waals surface area contributed by atoms with Crippen LogP contribution >= 0.6 is 0 Å². The molecule has 1 aromatic rings. The molecule has 1 atom stereocenters. The molecule has 1 aliphatic rings. The minimum absolute atomic E-state index is 0.294. The summed E-state index contributed by atoms with van der Waals surface area (Å²) in [7, 11) is 3.89. The monoisotopic (exact) mass is 292 g/mol. The lowest BCUT2D eigenvalue weighted by Gasteiger charge is -2.28. The Hall–Kier alpha value is -1.59. The summed E-state index contributed by atoms with van der Waals surface area (Å²) < 4.78 is 0. The number of anilines is 3. The summed E-state index contributed by atoms with van der Waals surface area (Å²) in [6, 6.07) is 0.425. The van der Waals surface area contributed by atoms with Gasteiger partial charge in [-0.25, -0.2) is 0 Å². The maximum absolute atomic E-state index is 4.52. The molecule has 0 bridgehead atoms. The Morgan fingerprint density at radius 2 is 1.90 bits per heavy atom. The zero-order valence-corrected chi connectivity index (χ0v) is 13.9. The highest BCUT2D eigenvalue weighted by Crippen LogP contribution is 2.38. The van der Waals surface area contributed by atoms with Crippen LogP contribution in [-0.4, -0.2) is 41.6 Å². The van der Waals surface area contributed by atoms with Crippen molar-refractivity contribution in [2.75, 3.05) is 36.2 Å². The highest BCUT2D eigenvalue weighted by atomic mass is 15.3. The second kappa shape index (κ2) is 6.45. The van der Waals surface area contributed by atoms with Gasteiger partial charge in [0.05, 0.1) is 0 Å². The third-order valence-corrected chi connectivity index (χ3v) is 4.12. The Morgan fingerprint density at radius 1 is 1.19 bits per heavy atom. The van der Waals surface area contributed by atoms with Crippen LogP contribution in [0.4, 0.5) is 17.8 Å². The molecule has 1 heterocycles. The number of aromatic nitrogens is 3. The summed E-state index contributed by atoms with van der Waals surface area (Å²) >= 11 is 0. The van der Waals surface area contributed by atoms with Gasteiger partial charge in [-0.2, -0.15) is 15.0 Å². The number of hydrogen-bond donors (Lipinski definition) is 2. The fourth-order valence-electron chi connectivity index (χ4n) is 2.70. The molecule has 0 radical (unpaired) electrons. The molecule has 6 nitrogen and oxygen atoms in total. The molecule has 0 aliphatic heterocycles. The van der Waals surface area contributed by atoms with Gasteiger partial charge >= 0.3 is 0 Å². The Bertz CT molecular complexity index is 471. The van der Waals surface area contributed by atoms with Crippen molar-refractivity contribution in [2.24, 2.45) is 5.41 Å². The Kier molecular flexibility index (Phi) is 4.85. The first-order valence-corrected chi connectivity index (χ1v) is 7.86. The van der Waals surface area contributed by atoms with Crippen molar-refractivity contribution in [1.82, 2.24) is 15.0 Å². The highest BCUT2D eigenvalue weighted by molar-refractivity contribution is 5.43. The van der Waals surface area contributed by atoms with E-state index in [0.29, 0.717) is 29.3 Å². The molecule has 6 heteroatoms. The van der Waals surface area contributed by atoms with Crippen molar-refractivity contribution in [1.29, 1.82) is 0 Å². The Balaban J connectivity index is 2.19. The van der Waals surface area contributed by atoms with E-state index in [2.05, 4.69) is 46.4 Å². The molecule has 21 heavy (non-hydrogen) atoms. The van der Waals surface area contributed by atoms with E-state index in [0.717, 1.165) is 13.0 Å². The highest BCUT2D eigenvalue weighted by Gasteiger charge is 2.34. The molecule has 0 spiro atoms. The van der Waals surface area contributed by atoms with Gasteiger partial charge in [0.15, 0.2) is 0 Å². The van der Waals surface area contributed by atoms with Gasteiger partial charge < -0.3 is 15.5 Å². The average Bonchev–Trinajstić information content (AvgIpc) is 2.75. The fourth-order valence-corrected chi connectivity index (χ4v) is 2.70. The Morgan fingerprint density at radius 3 is 2.48 bits per heavy atom. The zero-order chi connectivity index (χ0) is 15.5. The molecule has 2 rings (SSSR count).